The first-order valence-electron chi connectivity index (χ1n) is 7.93. The van der Waals surface area contributed by atoms with Gasteiger partial charge in [0.2, 0.25) is 5.95 Å². The molecule has 5 nitrogen and oxygen atoms in total. The number of likely N-dealkylation sites (N-methyl/N-ethyl adjacent to an activating group) is 1. The predicted molar refractivity (Wildman–Crippen MR) is 82.2 cm³/mol. The highest BCUT2D eigenvalue weighted by atomic mass is 16.5. The maximum absolute atomic E-state index is 5.42. The smallest absolute Gasteiger partial charge is 0.205 e. The van der Waals surface area contributed by atoms with Crippen LogP contribution in [0.1, 0.15) is 33.1 Å². The fourth-order valence-electron chi connectivity index (χ4n) is 2.88. The number of ether oxygens (including phenoxy) is 1. The lowest BCUT2D eigenvalue weighted by Gasteiger charge is -2.35. The molecule has 1 N–H and O–H groups in total. The summed E-state index contributed by atoms with van der Waals surface area (Å²) in [5.74, 6) is 1.11. The summed E-state index contributed by atoms with van der Waals surface area (Å²) in [6.07, 6.45) is 7.55. The van der Waals surface area contributed by atoms with Gasteiger partial charge in [-0.15, -0.1) is 0 Å². The van der Waals surface area contributed by atoms with E-state index in [1.165, 1.54) is 12.8 Å². The molecule has 1 aromatic heterocycles. The maximum atomic E-state index is 5.42. The fourth-order valence-corrected chi connectivity index (χ4v) is 2.88. The second-order valence-electron chi connectivity index (χ2n) is 5.26. The van der Waals surface area contributed by atoms with Crippen molar-refractivity contribution in [1.82, 2.24) is 14.9 Å². The van der Waals surface area contributed by atoms with Gasteiger partial charge in [0, 0.05) is 51.3 Å². The molecule has 1 aromatic rings. The lowest BCUT2D eigenvalue weighted by atomic mass is 10.1. The second kappa shape index (κ2) is 8.27. The molecule has 0 aliphatic carbocycles. The molecule has 0 saturated carbocycles. The van der Waals surface area contributed by atoms with Crippen LogP contribution in [0, 0.1) is 0 Å². The first kappa shape index (κ1) is 15.3. The highest BCUT2D eigenvalue weighted by Gasteiger charge is 2.22. The summed E-state index contributed by atoms with van der Waals surface area (Å²) >= 11 is 0. The first-order valence-corrected chi connectivity index (χ1v) is 7.93. The Labute approximate surface area is 122 Å². The standard InChI is InChI=1S/C15H28N4O/c1-3-19(14-7-5-8-16-13-14)15-17-9-11-18(15)10-6-12-20-4-2/h9,11,14,16H,3-8,10,12-13H2,1-2H3. The molecule has 1 aliphatic heterocycles. The van der Waals surface area contributed by atoms with Gasteiger partial charge in [-0.25, -0.2) is 4.98 Å². The van der Waals surface area contributed by atoms with E-state index in [1.807, 2.05) is 13.1 Å². The summed E-state index contributed by atoms with van der Waals surface area (Å²) in [6, 6.07) is 0.571. The Kier molecular flexibility index (Phi) is 6.33. The first-order chi connectivity index (χ1) is 9.86. The van der Waals surface area contributed by atoms with Gasteiger partial charge in [0.25, 0.3) is 0 Å². The molecule has 0 bridgehead atoms. The van der Waals surface area contributed by atoms with Crippen LogP contribution in [0.4, 0.5) is 5.95 Å². The van der Waals surface area contributed by atoms with Crippen molar-refractivity contribution in [2.45, 2.75) is 45.7 Å². The van der Waals surface area contributed by atoms with Gasteiger partial charge < -0.3 is 19.5 Å². The summed E-state index contributed by atoms with van der Waals surface area (Å²) < 4.78 is 7.68. The molecule has 2 heterocycles. The molecule has 20 heavy (non-hydrogen) atoms. The van der Waals surface area contributed by atoms with E-state index in [0.29, 0.717) is 6.04 Å². The van der Waals surface area contributed by atoms with Crippen molar-refractivity contribution in [3.05, 3.63) is 12.4 Å². The number of hydrogen-bond donors (Lipinski definition) is 1. The van der Waals surface area contributed by atoms with E-state index in [4.69, 9.17) is 4.74 Å². The zero-order chi connectivity index (χ0) is 14.2. The zero-order valence-electron chi connectivity index (χ0n) is 12.8. The molecule has 5 heteroatoms. The van der Waals surface area contributed by atoms with E-state index in [2.05, 4.69) is 32.9 Å². The van der Waals surface area contributed by atoms with Crippen molar-refractivity contribution >= 4 is 5.95 Å². The van der Waals surface area contributed by atoms with Crippen molar-refractivity contribution in [2.75, 3.05) is 37.7 Å². The summed E-state index contributed by atoms with van der Waals surface area (Å²) in [4.78, 5) is 7.02. The van der Waals surface area contributed by atoms with Gasteiger partial charge in [-0.1, -0.05) is 0 Å². The van der Waals surface area contributed by atoms with Crippen LogP contribution in [0.2, 0.25) is 0 Å². The molecular weight excluding hydrogens is 252 g/mol. The third-order valence-corrected chi connectivity index (χ3v) is 3.89. The van der Waals surface area contributed by atoms with Gasteiger partial charge in [-0.2, -0.15) is 0 Å². The molecule has 2 rings (SSSR count). The Morgan fingerprint density at radius 2 is 2.40 bits per heavy atom. The van der Waals surface area contributed by atoms with Gasteiger partial charge in [-0.3, -0.25) is 0 Å². The van der Waals surface area contributed by atoms with E-state index in [0.717, 1.165) is 51.8 Å². The Balaban J connectivity index is 1.96. The predicted octanol–water partition coefficient (Wildman–Crippen LogP) is 1.89. The molecule has 1 fully saturated rings. The van der Waals surface area contributed by atoms with Gasteiger partial charge in [0.05, 0.1) is 0 Å². The van der Waals surface area contributed by atoms with Gasteiger partial charge in [0.15, 0.2) is 0 Å². The molecule has 0 spiro atoms. The molecule has 1 atom stereocenters. The molecule has 1 saturated heterocycles. The van der Waals surface area contributed by atoms with Crippen LogP contribution in [0.25, 0.3) is 0 Å². The van der Waals surface area contributed by atoms with Crippen molar-refractivity contribution in [3.63, 3.8) is 0 Å². The maximum Gasteiger partial charge on any atom is 0.205 e. The molecule has 114 valence electrons. The van der Waals surface area contributed by atoms with E-state index < -0.39 is 0 Å². The second-order valence-corrected chi connectivity index (χ2v) is 5.26. The minimum atomic E-state index is 0.571. The number of aryl methyl sites for hydroxylation is 1. The molecule has 0 amide bonds. The number of nitrogens with one attached hydrogen (secondary N) is 1. The number of piperidine rings is 1. The molecular formula is C15H28N4O. The molecule has 0 aromatic carbocycles. The molecule has 0 radical (unpaired) electrons. The highest BCUT2D eigenvalue weighted by molar-refractivity contribution is 5.33. The van der Waals surface area contributed by atoms with Crippen molar-refractivity contribution in [2.24, 2.45) is 0 Å². The van der Waals surface area contributed by atoms with Crippen LogP contribution in [0.15, 0.2) is 12.4 Å². The van der Waals surface area contributed by atoms with Crippen LogP contribution in [0.3, 0.4) is 0 Å². The van der Waals surface area contributed by atoms with Crippen molar-refractivity contribution < 1.29 is 4.74 Å². The summed E-state index contributed by atoms with van der Waals surface area (Å²) in [6.45, 7) is 10.1. The van der Waals surface area contributed by atoms with E-state index >= 15 is 0 Å². The van der Waals surface area contributed by atoms with E-state index in [-0.39, 0.29) is 0 Å². The van der Waals surface area contributed by atoms with Gasteiger partial charge in [0.1, 0.15) is 0 Å². The van der Waals surface area contributed by atoms with Crippen molar-refractivity contribution in [1.29, 1.82) is 0 Å². The number of nitrogens with zero attached hydrogens (tertiary/aromatic N) is 3. The number of aromatic nitrogens is 2. The minimum Gasteiger partial charge on any atom is -0.382 e. The number of anilines is 1. The number of hydrogen-bond acceptors (Lipinski definition) is 4. The van der Waals surface area contributed by atoms with Crippen LogP contribution < -0.4 is 10.2 Å². The van der Waals surface area contributed by atoms with Crippen LogP contribution in [0.5, 0.6) is 0 Å². The van der Waals surface area contributed by atoms with Crippen LogP contribution in [-0.2, 0) is 11.3 Å². The summed E-state index contributed by atoms with van der Waals surface area (Å²) in [5.41, 5.74) is 0. The lowest BCUT2D eigenvalue weighted by molar-refractivity contribution is 0.141. The highest BCUT2D eigenvalue weighted by Crippen LogP contribution is 2.19. The minimum absolute atomic E-state index is 0.571. The molecule has 1 unspecified atom stereocenters. The average Bonchev–Trinajstić information content (AvgIpc) is 2.94. The normalized spacial score (nSPS) is 19.2. The van der Waals surface area contributed by atoms with E-state index in [1.54, 1.807) is 0 Å². The average molecular weight is 280 g/mol. The quantitative estimate of drug-likeness (QED) is 0.738. The third-order valence-electron chi connectivity index (χ3n) is 3.89. The van der Waals surface area contributed by atoms with Crippen LogP contribution in [-0.4, -0.2) is 48.4 Å². The Morgan fingerprint density at radius 3 is 3.10 bits per heavy atom. The zero-order valence-corrected chi connectivity index (χ0v) is 12.8. The van der Waals surface area contributed by atoms with Crippen molar-refractivity contribution in [3.8, 4) is 0 Å². The Morgan fingerprint density at radius 1 is 1.50 bits per heavy atom. The lowest BCUT2D eigenvalue weighted by Crippen LogP contribution is -2.47. The van der Waals surface area contributed by atoms with E-state index in [9.17, 15) is 0 Å². The summed E-state index contributed by atoms with van der Waals surface area (Å²) in [5, 5.41) is 3.49. The SMILES string of the molecule is CCOCCCn1ccnc1N(CC)C1CCCNC1. The van der Waals surface area contributed by atoms with Gasteiger partial charge >= 0.3 is 0 Å². The monoisotopic (exact) mass is 280 g/mol. The summed E-state index contributed by atoms with van der Waals surface area (Å²) in [7, 11) is 0. The third kappa shape index (κ3) is 3.96. The topological polar surface area (TPSA) is 42.3 Å². The Bertz CT molecular complexity index is 374. The van der Waals surface area contributed by atoms with Crippen LogP contribution >= 0.6 is 0 Å². The van der Waals surface area contributed by atoms with Gasteiger partial charge in [-0.05, 0) is 39.7 Å². The molecule has 1 aliphatic rings. The Hall–Kier alpha value is -1.07. The number of imidazole rings is 1. The fraction of sp³-hybridized carbons (Fsp3) is 0.800. The largest absolute Gasteiger partial charge is 0.382 e. The number of rotatable bonds is 8.